The van der Waals surface area contributed by atoms with E-state index in [0.29, 0.717) is 11.3 Å². The summed E-state index contributed by atoms with van der Waals surface area (Å²) in [5.41, 5.74) is 10.8. The van der Waals surface area contributed by atoms with E-state index < -0.39 is 0 Å². The van der Waals surface area contributed by atoms with Gasteiger partial charge in [-0.05, 0) is 56.1 Å². The van der Waals surface area contributed by atoms with Crippen molar-refractivity contribution in [2.45, 2.75) is 59.4 Å². The number of nitrogens with two attached hydrogens (primary N) is 1. The second-order valence-electron chi connectivity index (χ2n) is 7.93. The van der Waals surface area contributed by atoms with Crippen molar-refractivity contribution in [3.05, 3.63) is 29.3 Å². The van der Waals surface area contributed by atoms with Crippen molar-refractivity contribution in [2.24, 2.45) is 17.1 Å². The lowest BCUT2D eigenvalue weighted by Gasteiger charge is -2.53. The first-order valence-electron chi connectivity index (χ1n) is 8.23. The highest BCUT2D eigenvalue weighted by atomic mass is 15.2. The quantitative estimate of drug-likeness (QED) is 0.899. The standard InChI is InChI=1S/C19H32N2/c1-14-7-8-17(15(2)11-14)21(6)19(13-20)10-9-18(4,5)12-16(19)3/h7-8,11,16H,9-10,12-13,20H2,1-6H3. The number of hydrogen-bond acceptors (Lipinski definition) is 2. The third kappa shape index (κ3) is 2.96. The molecule has 2 rings (SSSR count). The smallest absolute Gasteiger partial charge is 0.0546 e. The molecule has 1 aliphatic carbocycles. The van der Waals surface area contributed by atoms with Crippen molar-refractivity contribution < 1.29 is 0 Å². The maximum atomic E-state index is 6.29. The van der Waals surface area contributed by atoms with Crippen LogP contribution in [0.15, 0.2) is 18.2 Å². The van der Waals surface area contributed by atoms with Gasteiger partial charge in [-0.15, -0.1) is 0 Å². The molecule has 0 spiro atoms. The molecule has 0 saturated heterocycles. The Morgan fingerprint density at radius 3 is 2.43 bits per heavy atom. The summed E-state index contributed by atoms with van der Waals surface area (Å²) >= 11 is 0. The number of aryl methyl sites for hydroxylation is 2. The highest BCUT2D eigenvalue weighted by Crippen LogP contribution is 2.47. The molecular weight excluding hydrogens is 256 g/mol. The van der Waals surface area contributed by atoms with Gasteiger partial charge in [0.25, 0.3) is 0 Å². The molecule has 0 radical (unpaired) electrons. The maximum Gasteiger partial charge on any atom is 0.0546 e. The molecule has 0 heterocycles. The molecule has 1 aliphatic rings. The molecule has 1 fully saturated rings. The van der Waals surface area contributed by atoms with Gasteiger partial charge < -0.3 is 10.6 Å². The van der Waals surface area contributed by atoms with E-state index in [1.807, 2.05) is 0 Å². The van der Waals surface area contributed by atoms with Crippen molar-refractivity contribution >= 4 is 5.69 Å². The molecule has 118 valence electrons. The number of nitrogens with zero attached hydrogens (tertiary/aromatic N) is 1. The van der Waals surface area contributed by atoms with Crippen LogP contribution in [-0.2, 0) is 0 Å². The minimum Gasteiger partial charge on any atom is -0.367 e. The zero-order chi connectivity index (χ0) is 15.8. The summed E-state index contributed by atoms with van der Waals surface area (Å²) in [7, 11) is 2.24. The van der Waals surface area contributed by atoms with E-state index in [1.165, 1.54) is 36.1 Å². The van der Waals surface area contributed by atoms with Crippen LogP contribution in [0.25, 0.3) is 0 Å². The number of hydrogen-bond donors (Lipinski definition) is 1. The predicted molar refractivity (Wildman–Crippen MR) is 92.9 cm³/mol. The molecule has 0 aliphatic heterocycles. The minimum atomic E-state index is 0.0928. The SMILES string of the molecule is Cc1ccc(N(C)C2(CN)CCC(C)(C)CC2C)c(C)c1. The van der Waals surface area contributed by atoms with Gasteiger partial charge in [0.15, 0.2) is 0 Å². The highest BCUT2D eigenvalue weighted by Gasteiger charge is 2.45. The van der Waals surface area contributed by atoms with Crippen LogP contribution in [0.4, 0.5) is 5.69 Å². The summed E-state index contributed by atoms with van der Waals surface area (Å²) in [5.74, 6) is 0.608. The van der Waals surface area contributed by atoms with Crippen molar-refractivity contribution in [2.75, 3.05) is 18.5 Å². The fourth-order valence-electron chi connectivity index (χ4n) is 4.28. The van der Waals surface area contributed by atoms with Gasteiger partial charge in [-0.3, -0.25) is 0 Å². The molecule has 21 heavy (non-hydrogen) atoms. The maximum absolute atomic E-state index is 6.29. The fourth-order valence-corrected chi connectivity index (χ4v) is 4.28. The third-order valence-electron chi connectivity index (χ3n) is 5.75. The average molecular weight is 288 g/mol. The summed E-state index contributed by atoms with van der Waals surface area (Å²) in [5, 5.41) is 0. The first-order valence-corrected chi connectivity index (χ1v) is 8.23. The van der Waals surface area contributed by atoms with E-state index in [-0.39, 0.29) is 5.54 Å². The Labute approximate surface area is 130 Å². The van der Waals surface area contributed by atoms with Crippen molar-refractivity contribution in [1.82, 2.24) is 0 Å². The number of anilines is 1. The first kappa shape index (κ1) is 16.4. The summed E-state index contributed by atoms with van der Waals surface area (Å²) in [4.78, 5) is 2.47. The summed E-state index contributed by atoms with van der Waals surface area (Å²) in [6, 6.07) is 6.74. The summed E-state index contributed by atoms with van der Waals surface area (Å²) in [6.07, 6.45) is 3.69. The monoisotopic (exact) mass is 288 g/mol. The normalized spacial score (nSPS) is 28.4. The fraction of sp³-hybridized carbons (Fsp3) is 0.684. The summed E-state index contributed by atoms with van der Waals surface area (Å²) in [6.45, 7) is 12.3. The molecule has 2 N–H and O–H groups in total. The van der Waals surface area contributed by atoms with E-state index in [0.717, 1.165) is 6.54 Å². The van der Waals surface area contributed by atoms with Crippen LogP contribution < -0.4 is 10.6 Å². The molecule has 2 heteroatoms. The van der Waals surface area contributed by atoms with E-state index >= 15 is 0 Å². The second kappa shape index (κ2) is 5.64. The Morgan fingerprint density at radius 1 is 1.24 bits per heavy atom. The van der Waals surface area contributed by atoms with Crippen molar-refractivity contribution in [3.8, 4) is 0 Å². The molecule has 0 aromatic heterocycles. The molecule has 1 aromatic rings. The van der Waals surface area contributed by atoms with Crippen LogP contribution in [0.3, 0.4) is 0 Å². The average Bonchev–Trinajstić information content (AvgIpc) is 2.38. The van der Waals surface area contributed by atoms with E-state index in [4.69, 9.17) is 5.73 Å². The Kier molecular flexibility index (Phi) is 4.39. The van der Waals surface area contributed by atoms with Gasteiger partial charge >= 0.3 is 0 Å². The zero-order valence-electron chi connectivity index (χ0n) is 14.7. The Balaban J connectivity index is 2.36. The van der Waals surface area contributed by atoms with Crippen molar-refractivity contribution in [1.29, 1.82) is 0 Å². The van der Waals surface area contributed by atoms with Crippen molar-refractivity contribution in [3.63, 3.8) is 0 Å². The van der Waals surface area contributed by atoms with E-state index in [1.54, 1.807) is 0 Å². The number of rotatable bonds is 3. The van der Waals surface area contributed by atoms with E-state index in [2.05, 4.69) is 64.8 Å². The van der Waals surface area contributed by atoms with Gasteiger partial charge in [0.1, 0.15) is 0 Å². The van der Waals surface area contributed by atoms with Crippen LogP contribution in [0, 0.1) is 25.2 Å². The first-order chi connectivity index (χ1) is 9.72. The number of benzene rings is 1. The van der Waals surface area contributed by atoms with Crippen LogP contribution in [0.2, 0.25) is 0 Å². The molecular formula is C19H32N2. The molecule has 1 saturated carbocycles. The molecule has 2 atom stereocenters. The second-order valence-corrected chi connectivity index (χ2v) is 7.93. The predicted octanol–water partition coefficient (Wildman–Crippen LogP) is 4.28. The van der Waals surface area contributed by atoms with Gasteiger partial charge in [0.05, 0.1) is 5.54 Å². The van der Waals surface area contributed by atoms with Gasteiger partial charge in [0, 0.05) is 19.3 Å². The Morgan fingerprint density at radius 2 is 1.90 bits per heavy atom. The Hall–Kier alpha value is -1.02. The molecule has 0 amide bonds. The lowest BCUT2D eigenvalue weighted by atomic mass is 9.63. The van der Waals surface area contributed by atoms with Gasteiger partial charge in [0.2, 0.25) is 0 Å². The minimum absolute atomic E-state index is 0.0928. The van der Waals surface area contributed by atoms with E-state index in [9.17, 15) is 0 Å². The molecule has 1 aromatic carbocycles. The van der Waals surface area contributed by atoms with Crippen LogP contribution in [0.1, 0.15) is 51.2 Å². The lowest BCUT2D eigenvalue weighted by molar-refractivity contribution is 0.103. The Bertz CT molecular complexity index is 506. The molecule has 0 bridgehead atoms. The molecule has 2 nitrogen and oxygen atoms in total. The largest absolute Gasteiger partial charge is 0.367 e. The summed E-state index contributed by atoms with van der Waals surface area (Å²) < 4.78 is 0. The number of likely N-dealkylation sites (N-methyl/N-ethyl adjacent to an activating group) is 1. The van der Waals surface area contributed by atoms with Gasteiger partial charge in [-0.1, -0.05) is 38.5 Å². The highest BCUT2D eigenvalue weighted by molar-refractivity contribution is 5.56. The molecule has 2 unspecified atom stereocenters. The topological polar surface area (TPSA) is 29.3 Å². The zero-order valence-corrected chi connectivity index (χ0v) is 14.7. The lowest BCUT2D eigenvalue weighted by Crippen LogP contribution is -2.60. The third-order valence-corrected chi connectivity index (χ3v) is 5.75. The van der Waals surface area contributed by atoms with Crippen LogP contribution >= 0.6 is 0 Å². The van der Waals surface area contributed by atoms with Crippen LogP contribution in [0.5, 0.6) is 0 Å². The van der Waals surface area contributed by atoms with Crippen LogP contribution in [-0.4, -0.2) is 19.1 Å². The van der Waals surface area contributed by atoms with Gasteiger partial charge in [-0.25, -0.2) is 0 Å². The van der Waals surface area contributed by atoms with Gasteiger partial charge in [-0.2, -0.15) is 0 Å².